The number of carbonyl (C=O) groups excluding carboxylic acids is 1. The van der Waals surface area contributed by atoms with E-state index in [-0.39, 0.29) is 24.1 Å². The second-order valence-electron chi connectivity index (χ2n) is 7.27. The van der Waals surface area contributed by atoms with E-state index in [1.54, 1.807) is 6.20 Å². The molecule has 2 atom stereocenters. The van der Waals surface area contributed by atoms with Crippen LogP contribution in [-0.2, 0) is 16.1 Å². The number of piperidine rings is 1. The zero-order valence-electron chi connectivity index (χ0n) is 15.6. The summed E-state index contributed by atoms with van der Waals surface area (Å²) >= 11 is 0. The average Bonchev–Trinajstić information content (AvgIpc) is 3.36. The molecule has 7 nitrogen and oxygen atoms in total. The summed E-state index contributed by atoms with van der Waals surface area (Å²) in [6.45, 7) is 3.97. The van der Waals surface area contributed by atoms with Crippen molar-refractivity contribution in [2.45, 2.75) is 51.0 Å². The fourth-order valence-electron chi connectivity index (χ4n) is 3.71. The van der Waals surface area contributed by atoms with Crippen molar-refractivity contribution in [1.82, 2.24) is 20.7 Å². The summed E-state index contributed by atoms with van der Waals surface area (Å²) in [5, 5.41) is 0. The van der Waals surface area contributed by atoms with E-state index >= 15 is 0 Å². The number of hydrazine groups is 1. The fourth-order valence-corrected chi connectivity index (χ4v) is 3.71. The van der Waals surface area contributed by atoms with Crippen LogP contribution in [0.1, 0.15) is 42.4 Å². The summed E-state index contributed by atoms with van der Waals surface area (Å²) in [7, 11) is 0. The standard InChI is InChI=1S/C20H26N4O3/c1-14-4-5-19(27-14)17-11-18(23-22-17)20(25)24-9-6-16(7-10-24)26-13-15-3-2-8-21-12-15/h2-5,8,12,16-18,22-23H,6-7,9-11,13H2,1H3. The van der Waals surface area contributed by atoms with Crippen LogP contribution in [0.4, 0.5) is 0 Å². The highest BCUT2D eigenvalue weighted by Crippen LogP contribution is 2.25. The number of likely N-dealkylation sites (tertiary alicyclic amines) is 1. The van der Waals surface area contributed by atoms with Gasteiger partial charge in [-0.15, -0.1) is 0 Å². The van der Waals surface area contributed by atoms with Crippen LogP contribution in [0, 0.1) is 6.92 Å². The number of hydrogen-bond donors (Lipinski definition) is 2. The number of furan rings is 1. The molecule has 1 amide bonds. The Morgan fingerprint density at radius 3 is 2.85 bits per heavy atom. The van der Waals surface area contributed by atoms with Gasteiger partial charge >= 0.3 is 0 Å². The highest BCUT2D eigenvalue weighted by atomic mass is 16.5. The van der Waals surface area contributed by atoms with Crippen molar-refractivity contribution in [2.75, 3.05) is 13.1 Å². The van der Waals surface area contributed by atoms with E-state index in [1.807, 2.05) is 42.3 Å². The van der Waals surface area contributed by atoms with Gasteiger partial charge in [-0.2, -0.15) is 0 Å². The molecule has 2 fully saturated rings. The van der Waals surface area contributed by atoms with E-state index in [0.29, 0.717) is 13.0 Å². The molecule has 0 aromatic carbocycles. The molecule has 2 unspecified atom stereocenters. The Balaban J connectivity index is 1.23. The molecule has 0 aliphatic carbocycles. The third-order valence-corrected chi connectivity index (χ3v) is 5.27. The molecule has 4 heterocycles. The first-order valence-corrected chi connectivity index (χ1v) is 9.56. The number of hydrogen-bond acceptors (Lipinski definition) is 6. The van der Waals surface area contributed by atoms with E-state index in [0.717, 1.165) is 43.0 Å². The summed E-state index contributed by atoms with van der Waals surface area (Å²) in [4.78, 5) is 18.9. The Morgan fingerprint density at radius 1 is 1.30 bits per heavy atom. The van der Waals surface area contributed by atoms with Crippen LogP contribution < -0.4 is 10.9 Å². The maximum atomic E-state index is 12.8. The lowest BCUT2D eigenvalue weighted by Crippen LogP contribution is -2.49. The third-order valence-electron chi connectivity index (χ3n) is 5.27. The molecule has 2 aliphatic heterocycles. The molecule has 144 valence electrons. The Morgan fingerprint density at radius 2 is 2.15 bits per heavy atom. The number of rotatable bonds is 5. The molecule has 0 bridgehead atoms. The van der Waals surface area contributed by atoms with Crippen molar-refractivity contribution in [1.29, 1.82) is 0 Å². The van der Waals surface area contributed by atoms with E-state index in [2.05, 4.69) is 15.8 Å². The highest BCUT2D eigenvalue weighted by molar-refractivity contribution is 5.82. The first-order valence-electron chi connectivity index (χ1n) is 9.56. The lowest BCUT2D eigenvalue weighted by Gasteiger charge is -2.33. The van der Waals surface area contributed by atoms with Crippen LogP contribution in [0.2, 0.25) is 0 Å². The van der Waals surface area contributed by atoms with Crippen molar-refractivity contribution < 1.29 is 13.9 Å². The van der Waals surface area contributed by atoms with Gasteiger partial charge in [-0.05, 0) is 49.9 Å². The van der Waals surface area contributed by atoms with Crippen LogP contribution >= 0.6 is 0 Å². The lowest BCUT2D eigenvalue weighted by atomic mass is 10.0. The largest absolute Gasteiger partial charge is 0.465 e. The predicted molar refractivity (Wildman–Crippen MR) is 99.5 cm³/mol. The molecular formula is C20H26N4O3. The van der Waals surface area contributed by atoms with Crippen LogP contribution in [0.15, 0.2) is 41.1 Å². The topological polar surface area (TPSA) is 79.6 Å². The molecule has 0 radical (unpaired) electrons. The zero-order chi connectivity index (χ0) is 18.6. The number of pyridine rings is 1. The molecule has 2 aromatic heterocycles. The van der Waals surface area contributed by atoms with Gasteiger partial charge in [0.05, 0.1) is 18.8 Å². The van der Waals surface area contributed by atoms with E-state index in [4.69, 9.17) is 9.15 Å². The van der Waals surface area contributed by atoms with E-state index in [1.165, 1.54) is 0 Å². The smallest absolute Gasteiger partial charge is 0.241 e. The molecule has 2 aromatic rings. The summed E-state index contributed by atoms with van der Waals surface area (Å²) < 4.78 is 11.7. The van der Waals surface area contributed by atoms with Gasteiger partial charge in [0.25, 0.3) is 0 Å². The van der Waals surface area contributed by atoms with Crippen LogP contribution in [0.5, 0.6) is 0 Å². The molecule has 27 heavy (non-hydrogen) atoms. The second kappa shape index (κ2) is 8.21. The van der Waals surface area contributed by atoms with Gasteiger partial charge < -0.3 is 14.1 Å². The number of amides is 1. The fraction of sp³-hybridized carbons (Fsp3) is 0.500. The third kappa shape index (κ3) is 4.37. The van der Waals surface area contributed by atoms with Crippen molar-refractivity contribution in [3.05, 3.63) is 53.7 Å². The minimum absolute atomic E-state index is 0.0352. The van der Waals surface area contributed by atoms with E-state index < -0.39 is 0 Å². The Bertz CT molecular complexity index is 756. The molecular weight excluding hydrogens is 344 g/mol. The number of aryl methyl sites for hydroxylation is 1. The maximum absolute atomic E-state index is 12.8. The van der Waals surface area contributed by atoms with E-state index in [9.17, 15) is 4.79 Å². The predicted octanol–water partition coefficient (Wildman–Crippen LogP) is 2.10. The first-order chi connectivity index (χ1) is 13.2. The normalized spacial score (nSPS) is 23.7. The van der Waals surface area contributed by atoms with Crippen LogP contribution in [0.3, 0.4) is 0 Å². The van der Waals surface area contributed by atoms with Gasteiger partial charge in [0, 0.05) is 25.5 Å². The number of ether oxygens (including phenoxy) is 1. The minimum Gasteiger partial charge on any atom is -0.465 e. The molecule has 0 spiro atoms. The number of nitrogens with one attached hydrogen (secondary N) is 2. The number of nitrogens with zero attached hydrogens (tertiary/aromatic N) is 2. The van der Waals surface area contributed by atoms with Crippen LogP contribution in [-0.4, -0.2) is 41.0 Å². The zero-order valence-corrected chi connectivity index (χ0v) is 15.6. The lowest BCUT2D eigenvalue weighted by molar-refractivity contribution is -0.136. The molecule has 2 N–H and O–H groups in total. The van der Waals surface area contributed by atoms with Gasteiger partial charge in [0.15, 0.2) is 0 Å². The van der Waals surface area contributed by atoms with Crippen molar-refractivity contribution in [2.24, 2.45) is 0 Å². The highest BCUT2D eigenvalue weighted by Gasteiger charge is 2.35. The Labute approximate surface area is 159 Å². The molecule has 2 aliphatic rings. The van der Waals surface area contributed by atoms with Gasteiger partial charge in [0.1, 0.15) is 17.6 Å². The minimum atomic E-state index is -0.215. The Hall–Kier alpha value is -2.22. The van der Waals surface area contributed by atoms with Gasteiger partial charge in [-0.1, -0.05) is 6.07 Å². The van der Waals surface area contributed by atoms with Gasteiger partial charge in [-0.25, -0.2) is 10.9 Å². The molecule has 0 saturated carbocycles. The summed E-state index contributed by atoms with van der Waals surface area (Å²) in [5.74, 6) is 1.91. The number of aromatic nitrogens is 1. The number of carbonyl (C=O) groups is 1. The van der Waals surface area contributed by atoms with Gasteiger partial charge in [0.2, 0.25) is 5.91 Å². The quantitative estimate of drug-likeness (QED) is 0.839. The monoisotopic (exact) mass is 370 g/mol. The first kappa shape index (κ1) is 18.2. The van der Waals surface area contributed by atoms with Crippen molar-refractivity contribution in [3.63, 3.8) is 0 Å². The van der Waals surface area contributed by atoms with Crippen LogP contribution in [0.25, 0.3) is 0 Å². The average molecular weight is 370 g/mol. The summed E-state index contributed by atoms with van der Waals surface area (Å²) in [6.07, 6.45) is 6.22. The van der Waals surface area contributed by atoms with Crippen molar-refractivity contribution in [3.8, 4) is 0 Å². The summed E-state index contributed by atoms with van der Waals surface area (Å²) in [5.41, 5.74) is 7.39. The van der Waals surface area contributed by atoms with Gasteiger partial charge in [-0.3, -0.25) is 9.78 Å². The molecule has 4 rings (SSSR count). The summed E-state index contributed by atoms with van der Waals surface area (Å²) in [6, 6.07) is 7.66. The van der Waals surface area contributed by atoms with Crippen molar-refractivity contribution >= 4 is 5.91 Å². The molecule has 7 heteroatoms. The Kier molecular flexibility index (Phi) is 5.52. The molecule has 2 saturated heterocycles. The SMILES string of the molecule is Cc1ccc(C2CC(C(=O)N3CCC(OCc4cccnc4)CC3)NN2)o1. The second-order valence-corrected chi connectivity index (χ2v) is 7.27. The maximum Gasteiger partial charge on any atom is 0.241 e.